The lowest BCUT2D eigenvalue weighted by Crippen LogP contribution is -2.37. The average molecular weight is 391 g/mol. The SMILES string of the molecule is C#CCc1c(O)n2c3c(=O)n(C)c(=O)n(C)c3nc2n(Cc2ccccc2)c1=O. The first-order valence-electron chi connectivity index (χ1n) is 8.77. The van der Waals surface area contributed by atoms with Gasteiger partial charge in [-0.2, -0.15) is 4.98 Å². The summed E-state index contributed by atoms with van der Waals surface area (Å²) in [6.07, 6.45) is 5.26. The molecule has 0 fully saturated rings. The van der Waals surface area contributed by atoms with E-state index in [1.165, 1.54) is 27.6 Å². The second kappa shape index (κ2) is 6.53. The Bertz CT molecular complexity index is 1500. The molecule has 1 N–H and O–H groups in total. The average Bonchev–Trinajstić information content (AvgIpc) is 3.13. The molecule has 3 heterocycles. The van der Waals surface area contributed by atoms with E-state index >= 15 is 0 Å². The topological polar surface area (TPSA) is 104 Å². The molecule has 0 aliphatic rings. The predicted molar refractivity (Wildman–Crippen MR) is 107 cm³/mol. The molecule has 29 heavy (non-hydrogen) atoms. The highest BCUT2D eigenvalue weighted by Crippen LogP contribution is 2.22. The van der Waals surface area contributed by atoms with Gasteiger partial charge in [-0.25, -0.2) is 9.20 Å². The Morgan fingerprint density at radius 2 is 1.76 bits per heavy atom. The third-order valence-corrected chi connectivity index (χ3v) is 4.93. The van der Waals surface area contributed by atoms with Gasteiger partial charge in [0.05, 0.1) is 12.1 Å². The van der Waals surface area contributed by atoms with Gasteiger partial charge >= 0.3 is 5.69 Å². The monoisotopic (exact) mass is 391 g/mol. The van der Waals surface area contributed by atoms with Gasteiger partial charge in [-0.1, -0.05) is 30.3 Å². The largest absolute Gasteiger partial charge is 0.494 e. The van der Waals surface area contributed by atoms with Crippen LogP contribution in [0.1, 0.15) is 11.1 Å². The van der Waals surface area contributed by atoms with Crippen molar-refractivity contribution in [3.63, 3.8) is 0 Å². The highest BCUT2D eigenvalue weighted by molar-refractivity contribution is 5.76. The van der Waals surface area contributed by atoms with Crippen LogP contribution in [0.2, 0.25) is 0 Å². The Balaban J connectivity index is 2.23. The number of nitrogens with zero attached hydrogens (tertiary/aromatic N) is 5. The fourth-order valence-electron chi connectivity index (χ4n) is 3.42. The summed E-state index contributed by atoms with van der Waals surface area (Å²) >= 11 is 0. The summed E-state index contributed by atoms with van der Waals surface area (Å²) in [5, 5.41) is 10.8. The molecule has 0 atom stereocenters. The lowest BCUT2D eigenvalue weighted by atomic mass is 10.2. The number of aromatic nitrogens is 5. The van der Waals surface area contributed by atoms with E-state index in [1.807, 2.05) is 30.3 Å². The molecule has 146 valence electrons. The van der Waals surface area contributed by atoms with Crippen LogP contribution in [-0.2, 0) is 27.1 Å². The maximum atomic E-state index is 13.1. The van der Waals surface area contributed by atoms with Gasteiger partial charge in [-0.05, 0) is 5.56 Å². The predicted octanol–water partition coefficient (Wildman–Crippen LogP) is -0.0238. The van der Waals surface area contributed by atoms with E-state index in [1.54, 1.807) is 0 Å². The Labute approximate surface area is 163 Å². The van der Waals surface area contributed by atoms with Crippen LogP contribution in [-0.4, -0.2) is 28.2 Å². The zero-order valence-corrected chi connectivity index (χ0v) is 15.8. The molecule has 0 saturated carbocycles. The second-order valence-electron chi connectivity index (χ2n) is 6.69. The Hall–Kier alpha value is -4.06. The number of imidazole rings is 1. The minimum atomic E-state index is -0.637. The van der Waals surface area contributed by atoms with E-state index in [0.717, 1.165) is 10.1 Å². The van der Waals surface area contributed by atoms with Crippen molar-refractivity contribution >= 4 is 16.9 Å². The van der Waals surface area contributed by atoms with Crippen molar-refractivity contribution in [2.75, 3.05) is 0 Å². The van der Waals surface area contributed by atoms with Crippen molar-refractivity contribution in [3.8, 4) is 18.2 Å². The molecule has 1 aromatic carbocycles. The molecule has 9 nitrogen and oxygen atoms in total. The Kier molecular flexibility index (Phi) is 4.12. The van der Waals surface area contributed by atoms with Gasteiger partial charge in [0.15, 0.2) is 11.2 Å². The molecule has 3 aromatic heterocycles. The molecule has 0 amide bonds. The first-order chi connectivity index (χ1) is 13.9. The van der Waals surface area contributed by atoms with Crippen LogP contribution in [0.5, 0.6) is 5.88 Å². The number of benzene rings is 1. The quantitative estimate of drug-likeness (QED) is 0.494. The number of terminal acetylenes is 1. The molecule has 0 spiro atoms. The minimum absolute atomic E-state index is 0.0119. The minimum Gasteiger partial charge on any atom is -0.494 e. The molecule has 0 unspecified atom stereocenters. The molecule has 0 aliphatic heterocycles. The summed E-state index contributed by atoms with van der Waals surface area (Å²) in [7, 11) is 2.80. The molecule has 9 heteroatoms. The molecular weight excluding hydrogens is 374 g/mol. The summed E-state index contributed by atoms with van der Waals surface area (Å²) in [6.45, 7) is 0.151. The lowest BCUT2D eigenvalue weighted by molar-refractivity contribution is 0.436. The van der Waals surface area contributed by atoms with Crippen LogP contribution in [0, 0.1) is 12.3 Å². The van der Waals surface area contributed by atoms with Crippen molar-refractivity contribution in [1.29, 1.82) is 0 Å². The second-order valence-corrected chi connectivity index (χ2v) is 6.69. The zero-order chi connectivity index (χ0) is 20.9. The summed E-state index contributed by atoms with van der Waals surface area (Å²) in [4.78, 5) is 42.5. The van der Waals surface area contributed by atoms with Crippen molar-refractivity contribution in [2.24, 2.45) is 14.1 Å². The van der Waals surface area contributed by atoms with E-state index in [4.69, 9.17) is 6.42 Å². The van der Waals surface area contributed by atoms with Crippen LogP contribution >= 0.6 is 0 Å². The molecular formula is C20H17N5O4. The fraction of sp³-hybridized carbons (Fsp3) is 0.200. The van der Waals surface area contributed by atoms with Crippen molar-refractivity contribution in [1.82, 2.24) is 23.1 Å². The van der Waals surface area contributed by atoms with E-state index in [9.17, 15) is 19.5 Å². The van der Waals surface area contributed by atoms with Gasteiger partial charge in [0, 0.05) is 20.5 Å². The summed E-state index contributed by atoms with van der Waals surface area (Å²) in [5.74, 6) is 1.96. The van der Waals surface area contributed by atoms with Crippen LogP contribution in [0.4, 0.5) is 0 Å². The van der Waals surface area contributed by atoms with Crippen LogP contribution in [0.15, 0.2) is 44.7 Å². The number of hydrogen-bond donors (Lipinski definition) is 1. The lowest BCUT2D eigenvalue weighted by Gasteiger charge is -2.12. The first kappa shape index (κ1) is 18.3. The van der Waals surface area contributed by atoms with Gasteiger partial charge in [-0.15, -0.1) is 12.3 Å². The van der Waals surface area contributed by atoms with E-state index in [0.29, 0.717) is 0 Å². The Morgan fingerprint density at radius 3 is 2.41 bits per heavy atom. The van der Waals surface area contributed by atoms with E-state index < -0.39 is 22.7 Å². The van der Waals surface area contributed by atoms with E-state index in [-0.39, 0.29) is 35.5 Å². The van der Waals surface area contributed by atoms with Gasteiger partial charge in [0.25, 0.3) is 11.1 Å². The van der Waals surface area contributed by atoms with Crippen molar-refractivity contribution in [2.45, 2.75) is 13.0 Å². The van der Waals surface area contributed by atoms with Crippen molar-refractivity contribution < 1.29 is 5.11 Å². The van der Waals surface area contributed by atoms with Gasteiger partial charge in [-0.3, -0.25) is 23.3 Å². The summed E-state index contributed by atoms with van der Waals surface area (Å²) in [5.41, 5.74) is -0.855. The summed E-state index contributed by atoms with van der Waals surface area (Å²) < 4.78 is 4.64. The molecule has 0 saturated heterocycles. The molecule has 0 bridgehead atoms. The number of rotatable bonds is 3. The van der Waals surface area contributed by atoms with Crippen LogP contribution < -0.4 is 16.8 Å². The van der Waals surface area contributed by atoms with Crippen LogP contribution in [0.25, 0.3) is 16.9 Å². The smallest absolute Gasteiger partial charge is 0.332 e. The molecule has 0 aliphatic carbocycles. The third-order valence-electron chi connectivity index (χ3n) is 4.93. The van der Waals surface area contributed by atoms with E-state index in [2.05, 4.69) is 10.9 Å². The fourth-order valence-corrected chi connectivity index (χ4v) is 3.42. The first-order valence-corrected chi connectivity index (χ1v) is 8.77. The third kappa shape index (κ3) is 2.57. The number of hydrogen-bond acceptors (Lipinski definition) is 5. The number of aromatic hydroxyl groups is 1. The maximum absolute atomic E-state index is 13.1. The van der Waals surface area contributed by atoms with Crippen molar-refractivity contribution in [3.05, 3.63) is 72.7 Å². The maximum Gasteiger partial charge on any atom is 0.332 e. The Morgan fingerprint density at radius 1 is 1.07 bits per heavy atom. The van der Waals surface area contributed by atoms with Gasteiger partial charge < -0.3 is 5.11 Å². The normalized spacial score (nSPS) is 11.2. The zero-order valence-electron chi connectivity index (χ0n) is 15.8. The number of fused-ring (bicyclic) bond motifs is 3. The summed E-state index contributed by atoms with van der Waals surface area (Å²) in [6, 6.07) is 9.21. The highest BCUT2D eigenvalue weighted by Gasteiger charge is 2.23. The standard InChI is InChI=1S/C20H17N5O4/c1-4-8-13-16(26)24(11-12-9-6-5-7-10-12)19-21-15-14(25(19)17(13)27)18(28)23(3)20(29)22(15)2/h1,5-7,9-10,27H,8,11H2,2-3H3. The molecule has 4 aromatic rings. The highest BCUT2D eigenvalue weighted by atomic mass is 16.3. The molecule has 4 rings (SSSR count). The van der Waals surface area contributed by atoms with Gasteiger partial charge in [0.2, 0.25) is 11.7 Å². The van der Waals surface area contributed by atoms with Gasteiger partial charge in [0.1, 0.15) is 0 Å². The van der Waals surface area contributed by atoms with Crippen LogP contribution in [0.3, 0.4) is 0 Å². The number of aryl methyl sites for hydroxylation is 1. The molecule has 0 radical (unpaired) electrons.